The minimum atomic E-state index is -0.594. The topological polar surface area (TPSA) is 86.7 Å². The molecule has 1 saturated heterocycles. The molecule has 156 valence electrons. The third-order valence-corrected chi connectivity index (χ3v) is 6.06. The first-order valence-electron chi connectivity index (χ1n) is 9.04. The molecule has 1 fully saturated rings. The molecule has 3 aromatic carbocycles. The van der Waals surface area contributed by atoms with Crippen LogP contribution in [0.1, 0.15) is 5.56 Å². The summed E-state index contributed by atoms with van der Waals surface area (Å²) in [7, 11) is 0. The maximum Gasteiger partial charge on any atom is 0.294 e. The number of thioether (sulfide) groups is 1. The van der Waals surface area contributed by atoms with Gasteiger partial charge in [0.15, 0.2) is 5.75 Å². The Morgan fingerprint density at radius 1 is 1.06 bits per heavy atom. The van der Waals surface area contributed by atoms with Gasteiger partial charge in [-0.15, -0.1) is 0 Å². The number of nitrogens with one attached hydrogen (secondary N) is 1. The second kappa shape index (κ2) is 8.63. The first-order valence-corrected chi connectivity index (χ1v) is 10.6. The second-order valence-corrected chi connectivity index (χ2v) is 8.48. The zero-order valence-corrected chi connectivity index (χ0v) is 18.1. The van der Waals surface area contributed by atoms with E-state index in [1.807, 2.05) is 36.4 Å². The fourth-order valence-corrected chi connectivity index (χ4v) is 4.47. The Bertz CT molecular complexity index is 1250. The molecule has 0 aliphatic carbocycles. The second-order valence-electron chi connectivity index (χ2n) is 6.68. The monoisotopic (exact) mass is 472 g/mol. The molecule has 1 heterocycles. The number of rotatable bonds is 4. The Morgan fingerprint density at radius 3 is 2.48 bits per heavy atom. The minimum absolute atomic E-state index is 0.0208. The van der Waals surface area contributed by atoms with E-state index in [-0.39, 0.29) is 20.7 Å². The molecule has 1 aliphatic rings. The largest absolute Gasteiger partial charge is 0.505 e. The van der Waals surface area contributed by atoms with Crippen LogP contribution in [0.5, 0.6) is 5.75 Å². The number of phenolic OH excluding ortho intramolecular Hbond substituents is 1. The van der Waals surface area contributed by atoms with Gasteiger partial charge >= 0.3 is 0 Å². The van der Waals surface area contributed by atoms with Crippen LogP contribution in [0.15, 0.2) is 59.5 Å². The molecule has 3 amide bonds. The number of amides is 3. The van der Waals surface area contributed by atoms with E-state index in [1.54, 1.807) is 6.07 Å². The van der Waals surface area contributed by atoms with E-state index in [0.717, 1.165) is 15.7 Å². The summed E-state index contributed by atoms with van der Waals surface area (Å²) in [4.78, 5) is 38.6. The molecule has 0 aromatic heterocycles. The highest BCUT2D eigenvalue weighted by atomic mass is 35.5. The molecule has 0 radical (unpaired) electrons. The number of halogens is 2. The highest BCUT2D eigenvalue weighted by Crippen LogP contribution is 2.36. The van der Waals surface area contributed by atoms with Crippen molar-refractivity contribution in [1.82, 2.24) is 4.90 Å². The fraction of sp³-hybridized carbons (Fsp3) is 0.0455. The first-order chi connectivity index (χ1) is 14.8. The van der Waals surface area contributed by atoms with Gasteiger partial charge < -0.3 is 10.4 Å². The van der Waals surface area contributed by atoms with Crippen molar-refractivity contribution >= 4 is 74.6 Å². The molecule has 6 nitrogen and oxygen atoms in total. The van der Waals surface area contributed by atoms with Gasteiger partial charge in [0, 0.05) is 11.1 Å². The van der Waals surface area contributed by atoms with Gasteiger partial charge in [0.2, 0.25) is 5.91 Å². The van der Waals surface area contributed by atoms with E-state index in [9.17, 15) is 19.5 Å². The number of anilines is 1. The van der Waals surface area contributed by atoms with Gasteiger partial charge in [0.05, 0.1) is 15.0 Å². The lowest BCUT2D eigenvalue weighted by Crippen LogP contribution is -2.36. The van der Waals surface area contributed by atoms with Crippen molar-refractivity contribution in [3.8, 4) is 5.75 Å². The van der Waals surface area contributed by atoms with Crippen LogP contribution < -0.4 is 5.32 Å². The summed E-state index contributed by atoms with van der Waals surface area (Å²) in [6, 6.07) is 15.9. The molecule has 2 N–H and O–H groups in total. The van der Waals surface area contributed by atoms with Crippen molar-refractivity contribution in [1.29, 1.82) is 0 Å². The van der Waals surface area contributed by atoms with E-state index < -0.39 is 23.6 Å². The lowest BCUT2D eigenvalue weighted by molar-refractivity contribution is -0.127. The molecule has 31 heavy (non-hydrogen) atoms. The van der Waals surface area contributed by atoms with Crippen LogP contribution in [0.25, 0.3) is 16.8 Å². The first kappa shape index (κ1) is 21.2. The molecule has 0 unspecified atom stereocenters. The number of carbonyl (C=O) groups excluding carboxylic acids is 3. The maximum absolute atomic E-state index is 12.7. The van der Waals surface area contributed by atoms with Crippen LogP contribution in [0, 0.1) is 0 Å². The molecule has 0 bridgehead atoms. The van der Waals surface area contributed by atoms with Gasteiger partial charge in [-0.25, -0.2) is 0 Å². The summed E-state index contributed by atoms with van der Waals surface area (Å²) in [6.45, 7) is -0.414. The third-order valence-electron chi connectivity index (χ3n) is 4.58. The van der Waals surface area contributed by atoms with Crippen molar-refractivity contribution in [3.63, 3.8) is 0 Å². The number of phenols is 1. The lowest BCUT2D eigenvalue weighted by atomic mass is 10.1. The summed E-state index contributed by atoms with van der Waals surface area (Å²) in [5.41, 5.74) is 1.04. The van der Waals surface area contributed by atoms with Gasteiger partial charge in [-0.2, -0.15) is 0 Å². The lowest BCUT2D eigenvalue weighted by Gasteiger charge is -2.13. The maximum atomic E-state index is 12.7. The minimum Gasteiger partial charge on any atom is -0.505 e. The Kier molecular flexibility index (Phi) is 5.91. The van der Waals surface area contributed by atoms with Crippen LogP contribution in [0.3, 0.4) is 0 Å². The Labute approximate surface area is 191 Å². The zero-order chi connectivity index (χ0) is 22.1. The number of imide groups is 1. The average Bonchev–Trinajstić information content (AvgIpc) is 2.99. The van der Waals surface area contributed by atoms with Crippen LogP contribution >= 0.6 is 35.0 Å². The number of benzene rings is 3. The predicted octanol–water partition coefficient (Wildman–Crippen LogP) is 5.53. The Morgan fingerprint density at radius 2 is 1.74 bits per heavy atom. The molecular weight excluding hydrogens is 459 g/mol. The van der Waals surface area contributed by atoms with Crippen LogP contribution in [-0.4, -0.2) is 33.6 Å². The van der Waals surface area contributed by atoms with Gasteiger partial charge in [-0.1, -0.05) is 59.6 Å². The summed E-state index contributed by atoms with van der Waals surface area (Å²) < 4.78 is 0. The SMILES string of the molecule is O=C(CN1C(=O)S/C(=C\c2cc(Cl)c(O)c(Cl)c2)C1=O)Nc1cccc2ccccc12. The number of hydrogen-bond acceptors (Lipinski definition) is 5. The van der Waals surface area contributed by atoms with Gasteiger partial charge in [0.1, 0.15) is 6.54 Å². The zero-order valence-electron chi connectivity index (χ0n) is 15.8. The highest BCUT2D eigenvalue weighted by Gasteiger charge is 2.36. The summed E-state index contributed by atoms with van der Waals surface area (Å²) in [6.07, 6.45) is 1.44. The number of hydrogen-bond donors (Lipinski definition) is 2. The average molecular weight is 473 g/mol. The predicted molar refractivity (Wildman–Crippen MR) is 123 cm³/mol. The van der Waals surface area contributed by atoms with Crippen LogP contribution in [0.4, 0.5) is 10.5 Å². The molecular formula is C22H14Cl2N2O4S. The Hall–Kier alpha value is -3.00. The summed E-state index contributed by atoms with van der Waals surface area (Å²) >= 11 is 12.5. The van der Waals surface area contributed by atoms with Gasteiger partial charge in [-0.3, -0.25) is 19.3 Å². The van der Waals surface area contributed by atoms with E-state index in [2.05, 4.69) is 5.32 Å². The molecule has 4 rings (SSSR count). The Balaban J connectivity index is 1.51. The van der Waals surface area contributed by atoms with Crippen molar-refractivity contribution in [2.24, 2.45) is 0 Å². The van der Waals surface area contributed by atoms with Crippen molar-refractivity contribution in [3.05, 3.63) is 75.1 Å². The number of carbonyl (C=O) groups is 3. The van der Waals surface area contributed by atoms with Gasteiger partial charge in [0.25, 0.3) is 11.1 Å². The number of fused-ring (bicyclic) bond motifs is 1. The molecule has 9 heteroatoms. The van der Waals surface area contributed by atoms with Gasteiger partial charge in [-0.05, 0) is 47.0 Å². The van der Waals surface area contributed by atoms with Crippen molar-refractivity contribution < 1.29 is 19.5 Å². The van der Waals surface area contributed by atoms with E-state index in [4.69, 9.17) is 23.2 Å². The molecule has 1 aliphatic heterocycles. The van der Waals surface area contributed by atoms with E-state index >= 15 is 0 Å². The fourth-order valence-electron chi connectivity index (χ4n) is 3.12. The molecule has 0 spiro atoms. The van der Waals surface area contributed by atoms with Crippen molar-refractivity contribution in [2.45, 2.75) is 0 Å². The highest BCUT2D eigenvalue weighted by molar-refractivity contribution is 8.18. The summed E-state index contributed by atoms with van der Waals surface area (Å²) in [5.74, 6) is -1.35. The standard InChI is InChI=1S/C22H14Cl2N2O4S/c23-15-8-12(9-16(24)20(15)28)10-18-21(29)26(22(30)31-18)11-19(27)25-17-7-3-5-13-4-1-2-6-14(13)17/h1-10,28H,11H2,(H,25,27)/b18-10-. The third kappa shape index (κ3) is 4.39. The van der Waals surface area contributed by atoms with Crippen LogP contribution in [-0.2, 0) is 9.59 Å². The summed E-state index contributed by atoms with van der Waals surface area (Å²) in [5, 5.41) is 13.7. The molecule has 0 atom stereocenters. The van der Waals surface area contributed by atoms with E-state index in [1.165, 1.54) is 18.2 Å². The number of nitrogens with zero attached hydrogens (tertiary/aromatic N) is 1. The van der Waals surface area contributed by atoms with E-state index in [0.29, 0.717) is 23.0 Å². The smallest absolute Gasteiger partial charge is 0.294 e. The number of aromatic hydroxyl groups is 1. The normalized spacial score (nSPS) is 15.2. The molecule has 0 saturated carbocycles. The molecule has 3 aromatic rings. The van der Waals surface area contributed by atoms with Crippen LogP contribution in [0.2, 0.25) is 10.0 Å². The quantitative estimate of drug-likeness (QED) is 0.487. The van der Waals surface area contributed by atoms with Crippen molar-refractivity contribution in [2.75, 3.05) is 11.9 Å².